The molecule has 0 unspecified atom stereocenters. The molecule has 2 aromatic heterocycles. The highest BCUT2D eigenvalue weighted by molar-refractivity contribution is 7.90. The zero-order valence-corrected chi connectivity index (χ0v) is 65.2. The lowest BCUT2D eigenvalue weighted by molar-refractivity contribution is -0.147. The second-order valence-corrected chi connectivity index (χ2v) is 28.9. The molecule has 9 amide bonds. The normalized spacial score (nSPS) is 14.2. The molecule has 0 saturated carbocycles. The Morgan fingerprint density at radius 3 is 2.04 bits per heavy atom. The van der Waals surface area contributed by atoms with Gasteiger partial charge >= 0.3 is 6.09 Å². The third-order valence-electron chi connectivity index (χ3n) is 17.9. The first-order valence-electron chi connectivity index (χ1n) is 36.2. The highest BCUT2D eigenvalue weighted by Gasteiger charge is 2.41. The smallest absolute Gasteiger partial charge is 0.410 e. The molecule has 33 heteroatoms. The summed E-state index contributed by atoms with van der Waals surface area (Å²) in [6.45, 7) is 16.9. The van der Waals surface area contributed by atoms with Crippen molar-refractivity contribution in [2.24, 2.45) is 29.4 Å². The summed E-state index contributed by atoms with van der Waals surface area (Å²) in [6, 6.07) is 11.1. The lowest BCUT2D eigenvalue weighted by atomic mass is 9.89. The summed E-state index contributed by atoms with van der Waals surface area (Å²) in [7, 11) is 2.51. The molecule has 592 valence electrons. The Balaban J connectivity index is 1.21. The standard InChI is InChI=1S/C74H113N15O17S/c1-15-50(7)67(59(102-12)39-64(93)88(16-2)44-60(103-13)51(8)69(95)80-52(9)68(94)55-26-20-18-21-27-55)86(10)72(98)65(48(3)4)83-71(97)66(49(5)6)87(11)74(99)106-45-53-30-32-56(33-31-53)81-70(96)58(28-23-24-34-75)82-63(92)47-105-46-62(91)76-35-37-104-38-36-89-43-57(84-85-89)42-77-61(90)29-22-17-19-25-54-40-78-73(79-41-54)107(14,100)101/h18,20-21,26-27,30-33,40-41,43,48-52,58-60,65-68,94H,15-17,22-24,28-29,34-39,42,44-47,75H2,1-14H3,(H,76,91)(H,77,90)(H,80,95)(H,81,96)(H,82,92)(H,83,97)/t50-,51+,52+,58-,59+,60-,65-,66-,67-,68+/m0/s1. The number of carbonyl (C=O) groups excluding carboxylic acids is 9. The molecule has 32 nitrogen and oxygen atoms in total. The molecule has 0 spiro atoms. The number of rotatable bonds is 47. The van der Waals surface area contributed by atoms with E-state index in [-0.39, 0.29) is 94.1 Å². The second-order valence-electron chi connectivity index (χ2n) is 27.0. The molecule has 2 aromatic carbocycles. The van der Waals surface area contributed by atoms with Gasteiger partial charge in [-0.25, -0.2) is 27.9 Å². The second kappa shape index (κ2) is 46.9. The van der Waals surface area contributed by atoms with Crippen molar-refractivity contribution in [3.8, 4) is 11.8 Å². The van der Waals surface area contributed by atoms with Crippen LogP contribution in [0, 0.1) is 35.5 Å². The lowest BCUT2D eigenvalue weighted by Gasteiger charge is -2.40. The number of unbranched alkanes of at least 4 members (excludes halogenated alkanes) is 2. The number of likely N-dealkylation sites (N-methyl/N-ethyl adjacent to an activating group) is 3. The fraction of sp³-hybridized carbons (Fsp3) is 0.608. The fourth-order valence-electron chi connectivity index (χ4n) is 11.5. The number of amides is 9. The van der Waals surface area contributed by atoms with Crippen molar-refractivity contribution in [1.29, 1.82) is 0 Å². The molecule has 0 fully saturated rings. The van der Waals surface area contributed by atoms with Gasteiger partial charge in [-0.1, -0.05) is 114 Å². The molecular weight excluding hydrogens is 1400 g/mol. The van der Waals surface area contributed by atoms with E-state index >= 15 is 0 Å². The minimum atomic E-state index is -3.51. The average Bonchev–Trinajstić information content (AvgIpc) is 1.78. The lowest BCUT2D eigenvalue weighted by Crippen LogP contribution is -2.60. The van der Waals surface area contributed by atoms with Crippen LogP contribution in [0.15, 0.2) is 78.3 Å². The number of anilines is 1. The van der Waals surface area contributed by atoms with Gasteiger partial charge in [0.05, 0.1) is 80.8 Å². The van der Waals surface area contributed by atoms with Crippen LogP contribution in [0.25, 0.3) is 0 Å². The Labute approximate surface area is 629 Å². The van der Waals surface area contributed by atoms with Crippen LogP contribution in [0.3, 0.4) is 0 Å². The van der Waals surface area contributed by atoms with E-state index in [4.69, 9.17) is 29.4 Å². The predicted octanol–water partition coefficient (Wildman–Crippen LogP) is 3.46. The van der Waals surface area contributed by atoms with E-state index in [0.29, 0.717) is 73.3 Å². The van der Waals surface area contributed by atoms with Crippen LogP contribution in [0.1, 0.15) is 142 Å². The Hall–Kier alpha value is -9.04. The van der Waals surface area contributed by atoms with Crippen LogP contribution in [-0.4, -0.2) is 236 Å². The van der Waals surface area contributed by atoms with Gasteiger partial charge in [0.25, 0.3) is 0 Å². The number of methoxy groups -OCH3 is 2. The molecule has 0 aliphatic rings. The summed E-state index contributed by atoms with van der Waals surface area (Å²) in [6.07, 6.45) is 5.10. The maximum absolute atomic E-state index is 14.8. The molecule has 0 aliphatic heterocycles. The molecule has 2 heterocycles. The Bertz CT molecular complexity index is 3630. The molecule has 4 rings (SSSR count). The van der Waals surface area contributed by atoms with Gasteiger partial charge in [0.1, 0.15) is 43.6 Å². The van der Waals surface area contributed by atoms with Crippen LogP contribution in [0.4, 0.5) is 10.5 Å². The van der Waals surface area contributed by atoms with Crippen LogP contribution in [0.2, 0.25) is 0 Å². The molecule has 0 radical (unpaired) electrons. The van der Waals surface area contributed by atoms with Gasteiger partial charge in [0.2, 0.25) is 62.3 Å². The number of nitrogens with one attached hydrogen (secondary N) is 6. The van der Waals surface area contributed by atoms with Crippen LogP contribution >= 0.6 is 0 Å². The van der Waals surface area contributed by atoms with Crippen molar-refractivity contribution in [1.82, 2.24) is 66.2 Å². The number of benzene rings is 2. The number of aliphatic hydroxyl groups excluding tert-OH is 1. The van der Waals surface area contributed by atoms with Crippen molar-refractivity contribution < 1.29 is 80.4 Å². The van der Waals surface area contributed by atoms with Gasteiger partial charge in [-0.15, -0.1) is 5.10 Å². The summed E-state index contributed by atoms with van der Waals surface area (Å²) >= 11 is 0. The highest BCUT2D eigenvalue weighted by Crippen LogP contribution is 2.26. The maximum atomic E-state index is 14.8. The number of nitrogens with two attached hydrogens (primary N) is 1. The third kappa shape index (κ3) is 31.0. The summed E-state index contributed by atoms with van der Waals surface area (Å²) in [5.41, 5.74) is 8.31. The highest BCUT2D eigenvalue weighted by atomic mass is 32.2. The van der Waals surface area contributed by atoms with E-state index in [1.165, 1.54) is 43.5 Å². The Morgan fingerprint density at radius 2 is 1.42 bits per heavy atom. The summed E-state index contributed by atoms with van der Waals surface area (Å²) < 4.78 is 53.1. The van der Waals surface area contributed by atoms with Crippen molar-refractivity contribution in [2.45, 2.75) is 187 Å². The minimum Gasteiger partial charge on any atom is -0.445 e. The third-order valence-corrected chi connectivity index (χ3v) is 18.8. The van der Waals surface area contributed by atoms with Crippen molar-refractivity contribution >= 4 is 68.9 Å². The average molecular weight is 1520 g/mol. The van der Waals surface area contributed by atoms with E-state index in [9.17, 15) is 56.7 Å². The molecule has 10 atom stereocenters. The number of nitrogens with zero attached hydrogens (tertiary/aromatic N) is 8. The molecular formula is C74H113N15O17S. The monoisotopic (exact) mass is 1520 g/mol. The van der Waals surface area contributed by atoms with Crippen molar-refractivity contribution in [2.75, 3.05) is 92.5 Å². The first-order chi connectivity index (χ1) is 50.9. The van der Waals surface area contributed by atoms with Gasteiger partial charge in [0, 0.05) is 85.1 Å². The first-order valence-corrected chi connectivity index (χ1v) is 38.1. The van der Waals surface area contributed by atoms with Crippen LogP contribution in [0.5, 0.6) is 0 Å². The maximum Gasteiger partial charge on any atom is 0.410 e. The molecule has 9 N–H and O–H groups in total. The van der Waals surface area contributed by atoms with E-state index < -0.39 is 125 Å². The quantitative estimate of drug-likeness (QED) is 0.0178. The molecule has 4 aromatic rings. The summed E-state index contributed by atoms with van der Waals surface area (Å²) in [5, 5.41) is 35.5. The summed E-state index contributed by atoms with van der Waals surface area (Å²) in [4.78, 5) is 134. The van der Waals surface area contributed by atoms with Crippen molar-refractivity contribution in [3.05, 3.63) is 95.6 Å². The largest absolute Gasteiger partial charge is 0.445 e. The molecule has 0 bridgehead atoms. The van der Waals surface area contributed by atoms with Gasteiger partial charge < -0.3 is 76.2 Å². The fourth-order valence-corrected chi connectivity index (χ4v) is 12.0. The van der Waals surface area contributed by atoms with Gasteiger partial charge in [0.15, 0.2) is 0 Å². The van der Waals surface area contributed by atoms with Gasteiger partial charge in [-0.3, -0.25) is 43.3 Å². The van der Waals surface area contributed by atoms with E-state index in [1.54, 1.807) is 113 Å². The predicted molar refractivity (Wildman–Crippen MR) is 398 cm³/mol. The number of ether oxygens (including phenoxy) is 5. The number of aromatic nitrogens is 5. The molecule has 0 saturated heterocycles. The molecule has 0 aliphatic carbocycles. The van der Waals surface area contributed by atoms with E-state index in [0.717, 1.165) is 6.26 Å². The number of carbonyl (C=O) groups is 9. The number of aliphatic hydroxyl groups is 1. The van der Waals surface area contributed by atoms with Gasteiger partial charge in [-0.2, -0.15) is 0 Å². The van der Waals surface area contributed by atoms with Crippen LogP contribution < -0.4 is 37.6 Å². The molecule has 107 heavy (non-hydrogen) atoms. The zero-order chi connectivity index (χ0) is 79.3. The Kier molecular flexibility index (Phi) is 39.6. The van der Waals surface area contributed by atoms with Crippen LogP contribution in [-0.2, 0) is 91.6 Å². The first kappa shape index (κ1) is 90.4. The number of hydrogen-bond acceptors (Lipinski definition) is 22. The van der Waals surface area contributed by atoms with E-state index in [1.807, 2.05) is 26.8 Å². The zero-order valence-electron chi connectivity index (χ0n) is 64.3. The Morgan fingerprint density at radius 1 is 0.748 bits per heavy atom. The topological polar surface area (TPSA) is 419 Å². The summed E-state index contributed by atoms with van der Waals surface area (Å²) in [5.74, 6) is 0.494. The number of hydrogen-bond donors (Lipinski definition) is 8. The van der Waals surface area contributed by atoms with E-state index in [2.05, 4.69) is 64.0 Å². The number of sulfone groups is 1. The van der Waals surface area contributed by atoms with Crippen molar-refractivity contribution in [3.63, 3.8) is 0 Å². The minimum absolute atomic E-state index is 0.0761. The SMILES string of the molecule is CC[C@H](C)[C@@H]([C@@H](CC(=O)N(CC)C[C@H](OC)[C@@H](C)C(=O)N[C@H](C)[C@@H](O)c1ccccc1)OC)N(C)C(=O)[C@@H](NC(=O)[C@H](C(C)C)N(C)C(=O)OCc1ccc(NC(=O)[C@H](CCCCN)NC(=O)COCC(=O)NCCOCCn2cc(CNC(=O)CCCC#Cc3cnc(S(C)(=O)=O)nc3)nn2)cc1)C(C)C. The van der Waals surface area contributed by atoms with Gasteiger partial charge in [-0.05, 0) is 87.1 Å².